The third-order valence-corrected chi connectivity index (χ3v) is 4.90. The minimum atomic E-state index is -0.00507. The van der Waals surface area contributed by atoms with Crippen molar-refractivity contribution in [2.45, 2.75) is 29.3 Å². The first-order chi connectivity index (χ1) is 6.68. The molecule has 2 fully saturated rings. The van der Waals surface area contributed by atoms with Crippen molar-refractivity contribution in [3.63, 3.8) is 0 Å². The van der Waals surface area contributed by atoms with Crippen LogP contribution in [0.3, 0.4) is 0 Å². The van der Waals surface area contributed by atoms with Gasteiger partial charge in [-0.1, -0.05) is 18.9 Å². The number of halogens is 1. The summed E-state index contributed by atoms with van der Waals surface area (Å²) in [5.74, 6) is 2.30. The first-order valence-corrected chi connectivity index (χ1v) is 6.16. The second-order valence-electron chi connectivity index (χ2n) is 4.21. The van der Waals surface area contributed by atoms with Crippen LogP contribution in [0.15, 0.2) is 30.7 Å². The van der Waals surface area contributed by atoms with Gasteiger partial charge in [0.2, 0.25) is 0 Å². The fourth-order valence-corrected chi connectivity index (χ4v) is 4.10. The van der Waals surface area contributed by atoms with Gasteiger partial charge in [-0.05, 0) is 60.3 Å². The van der Waals surface area contributed by atoms with Crippen LogP contribution in [-0.2, 0) is 4.74 Å². The fourth-order valence-electron chi connectivity index (χ4n) is 2.67. The second-order valence-corrected chi connectivity index (χ2v) is 6.04. The Kier molecular flexibility index (Phi) is 2.76. The van der Waals surface area contributed by atoms with Gasteiger partial charge in [0, 0.05) is 5.92 Å². The smallest absolute Gasteiger partial charge is 0.163 e. The molecule has 1 nitrogen and oxygen atoms in total. The van der Waals surface area contributed by atoms with E-state index in [9.17, 15) is 0 Å². The lowest BCUT2D eigenvalue weighted by Crippen LogP contribution is -2.30. The summed E-state index contributed by atoms with van der Waals surface area (Å²) in [6.07, 6.45) is 6.91. The lowest BCUT2D eigenvalue weighted by Gasteiger charge is -2.32. The van der Waals surface area contributed by atoms with E-state index in [1.165, 1.54) is 25.7 Å². The zero-order valence-corrected chi connectivity index (χ0v) is 10.4. The monoisotopic (exact) mass is 302 g/mol. The van der Waals surface area contributed by atoms with E-state index in [-0.39, 0.29) is 3.61 Å². The molecule has 2 rings (SSSR count). The zero-order valence-electron chi connectivity index (χ0n) is 8.26. The molecular formula is C12H15IO. The third-order valence-electron chi connectivity index (χ3n) is 3.36. The van der Waals surface area contributed by atoms with Crippen molar-refractivity contribution in [3.05, 3.63) is 30.7 Å². The van der Waals surface area contributed by atoms with Gasteiger partial charge in [0.1, 0.15) is 0 Å². The van der Waals surface area contributed by atoms with Crippen LogP contribution < -0.4 is 0 Å². The Hall–Kier alpha value is -0.210. The summed E-state index contributed by atoms with van der Waals surface area (Å²) in [6.45, 7) is 7.30. The summed E-state index contributed by atoms with van der Waals surface area (Å²) in [4.78, 5) is 0. The average Bonchev–Trinajstić information content (AvgIpc) is 2.73. The minimum absolute atomic E-state index is 0.00507. The van der Waals surface area contributed by atoms with E-state index in [2.05, 4.69) is 41.5 Å². The minimum Gasteiger partial charge on any atom is -0.469 e. The molecule has 0 aliphatic heterocycles. The molecule has 0 saturated heterocycles. The van der Waals surface area contributed by atoms with E-state index >= 15 is 0 Å². The van der Waals surface area contributed by atoms with Crippen molar-refractivity contribution in [1.82, 2.24) is 0 Å². The van der Waals surface area contributed by atoms with Crippen LogP contribution in [0.25, 0.3) is 0 Å². The van der Waals surface area contributed by atoms with E-state index in [1.54, 1.807) is 6.08 Å². The Bertz CT molecular complexity index is 303. The third kappa shape index (κ3) is 1.66. The van der Waals surface area contributed by atoms with Gasteiger partial charge in [-0.25, -0.2) is 0 Å². The summed E-state index contributed by atoms with van der Waals surface area (Å²) in [5.41, 5.74) is 2.78. The highest BCUT2D eigenvalue weighted by Crippen LogP contribution is 2.56. The van der Waals surface area contributed by atoms with Crippen molar-refractivity contribution >= 4 is 22.6 Å². The molecule has 2 aliphatic rings. The second kappa shape index (κ2) is 3.74. The molecule has 3 unspecified atom stereocenters. The van der Waals surface area contributed by atoms with Gasteiger partial charge in [-0.15, -0.1) is 0 Å². The average molecular weight is 302 g/mol. The maximum atomic E-state index is 5.94. The topological polar surface area (TPSA) is 9.23 Å². The Balaban J connectivity index is 2.10. The van der Waals surface area contributed by atoms with E-state index in [4.69, 9.17) is 4.74 Å². The first-order valence-electron chi connectivity index (χ1n) is 5.08. The molecule has 0 spiro atoms. The summed E-state index contributed by atoms with van der Waals surface area (Å²) in [7, 11) is 0. The van der Waals surface area contributed by atoms with Gasteiger partial charge in [-0.2, -0.15) is 0 Å². The number of alkyl halides is 1. The molecule has 76 valence electrons. The standard InChI is InChI=1S/C12H15IO/c1-3-11(4-2)14-12(13)8-9-5-6-10(12)7-9/h3,9-10H,1-2,5-8H2. The van der Waals surface area contributed by atoms with Gasteiger partial charge in [0.25, 0.3) is 0 Å². The van der Waals surface area contributed by atoms with Crippen molar-refractivity contribution in [2.75, 3.05) is 0 Å². The number of ether oxygens (including phenoxy) is 1. The molecule has 0 aromatic carbocycles. The number of hydrogen-bond acceptors (Lipinski definition) is 1. The number of allylic oxidation sites excluding steroid dienone is 1. The Morgan fingerprint density at radius 3 is 2.79 bits per heavy atom. The normalized spacial score (nSPS) is 39.2. The highest BCUT2D eigenvalue weighted by Gasteiger charge is 2.51. The maximum absolute atomic E-state index is 5.94. The van der Waals surface area contributed by atoms with Gasteiger partial charge in [0.05, 0.1) is 0 Å². The number of fused-ring (bicyclic) bond motifs is 2. The highest BCUT2D eigenvalue weighted by atomic mass is 127. The van der Waals surface area contributed by atoms with E-state index < -0.39 is 0 Å². The van der Waals surface area contributed by atoms with Crippen molar-refractivity contribution in [2.24, 2.45) is 11.8 Å². The largest absolute Gasteiger partial charge is 0.469 e. The maximum Gasteiger partial charge on any atom is 0.163 e. The van der Waals surface area contributed by atoms with Crippen LogP contribution in [0.1, 0.15) is 25.7 Å². The van der Waals surface area contributed by atoms with Crippen molar-refractivity contribution in [3.8, 4) is 0 Å². The van der Waals surface area contributed by atoms with Crippen LogP contribution in [0.4, 0.5) is 0 Å². The van der Waals surface area contributed by atoms with Crippen molar-refractivity contribution in [1.29, 1.82) is 0 Å². The van der Waals surface area contributed by atoms with Crippen molar-refractivity contribution < 1.29 is 4.74 Å². The lowest BCUT2D eigenvalue weighted by atomic mass is 9.97. The predicted molar refractivity (Wildman–Crippen MR) is 66.1 cm³/mol. The van der Waals surface area contributed by atoms with Crippen LogP contribution in [0.5, 0.6) is 0 Å². The molecule has 0 N–H and O–H groups in total. The molecule has 2 bridgehead atoms. The molecule has 2 heteroatoms. The predicted octanol–water partition coefficient (Wildman–Crippen LogP) is 3.81. The molecular weight excluding hydrogens is 287 g/mol. The molecule has 3 atom stereocenters. The van der Waals surface area contributed by atoms with Crippen LogP contribution in [-0.4, -0.2) is 3.61 Å². The molecule has 2 saturated carbocycles. The lowest BCUT2D eigenvalue weighted by molar-refractivity contribution is 0.0600. The summed E-state index contributed by atoms with van der Waals surface area (Å²) in [5, 5.41) is 0. The van der Waals surface area contributed by atoms with Crippen LogP contribution in [0, 0.1) is 11.8 Å². The molecule has 0 amide bonds. The Morgan fingerprint density at radius 2 is 2.36 bits per heavy atom. The number of rotatable bonds is 3. The van der Waals surface area contributed by atoms with Gasteiger partial charge in [0.15, 0.2) is 9.37 Å². The molecule has 0 heterocycles. The molecule has 0 aromatic heterocycles. The Labute approximate surface area is 99.0 Å². The quantitative estimate of drug-likeness (QED) is 0.253. The van der Waals surface area contributed by atoms with Crippen LogP contribution in [0.2, 0.25) is 0 Å². The molecule has 0 radical (unpaired) electrons. The van der Waals surface area contributed by atoms with E-state index in [0.717, 1.165) is 11.8 Å². The summed E-state index contributed by atoms with van der Waals surface area (Å²) in [6, 6.07) is 0. The summed E-state index contributed by atoms with van der Waals surface area (Å²) >= 11 is 2.46. The van der Waals surface area contributed by atoms with E-state index in [1.807, 2.05) is 0 Å². The highest BCUT2D eigenvalue weighted by molar-refractivity contribution is 14.1. The Morgan fingerprint density at radius 1 is 1.57 bits per heavy atom. The SMILES string of the molecule is C=C=C(C=C)OC1(I)CC2CCC1C2. The molecule has 14 heavy (non-hydrogen) atoms. The summed E-state index contributed by atoms with van der Waals surface area (Å²) < 4.78 is 5.94. The van der Waals surface area contributed by atoms with Gasteiger partial charge < -0.3 is 4.74 Å². The van der Waals surface area contributed by atoms with E-state index in [0.29, 0.717) is 5.76 Å². The zero-order chi connectivity index (χ0) is 10.2. The molecule has 2 aliphatic carbocycles. The number of hydrogen-bond donors (Lipinski definition) is 0. The van der Waals surface area contributed by atoms with Gasteiger partial charge in [-0.3, -0.25) is 0 Å². The van der Waals surface area contributed by atoms with Crippen LogP contribution >= 0.6 is 22.6 Å². The fraction of sp³-hybridized carbons (Fsp3) is 0.583. The molecule has 0 aromatic rings. The van der Waals surface area contributed by atoms with Gasteiger partial charge >= 0.3 is 0 Å². The first kappa shape index (κ1) is 10.3.